The maximum absolute atomic E-state index is 11.7. The summed E-state index contributed by atoms with van der Waals surface area (Å²) in [6.45, 7) is 1.90. The lowest BCUT2D eigenvalue weighted by Gasteiger charge is -2.01. The first-order valence-electron chi connectivity index (χ1n) is 6.36. The molecule has 2 N–H and O–H groups in total. The molecule has 0 saturated carbocycles. The summed E-state index contributed by atoms with van der Waals surface area (Å²) in [5.74, 6) is -0.654. The summed E-state index contributed by atoms with van der Waals surface area (Å²) in [6, 6.07) is 9.38. The molecule has 0 aliphatic carbocycles. The summed E-state index contributed by atoms with van der Waals surface area (Å²) < 4.78 is 5.80. The summed E-state index contributed by atoms with van der Waals surface area (Å²) in [7, 11) is 0. The number of carbonyl (C=O) groups excluding carboxylic acids is 1. The first kappa shape index (κ1) is 16.2. The maximum Gasteiger partial charge on any atom is 0.348 e. The van der Waals surface area contributed by atoms with Crippen LogP contribution in [0.15, 0.2) is 34.3 Å². The largest absolute Gasteiger partial charge is 0.462 e. The van der Waals surface area contributed by atoms with E-state index in [-0.39, 0.29) is 12.2 Å². The molecule has 22 heavy (non-hydrogen) atoms. The van der Waals surface area contributed by atoms with Crippen molar-refractivity contribution in [2.75, 3.05) is 12.3 Å². The number of thiazole rings is 1. The molecule has 2 rings (SSSR count). The zero-order chi connectivity index (χ0) is 16.1. The predicted octanol–water partition coefficient (Wildman–Crippen LogP) is 3.62. The third-order valence-electron chi connectivity index (χ3n) is 2.68. The second kappa shape index (κ2) is 7.20. The molecule has 112 valence electrons. The Balaban J connectivity index is 2.46. The number of nitrogens with two attached hydrogens (primary N) is 1. The van der Waals surface area contributed by atoms with Gasteiger partial charge in [0.05, 0.1) is 17.2 Å². The van der Waals surface area contributed by atoms with E-state index in [0.717, 1.165) is 10.0 Å². The summed E-state index contributed by atoms with van der Waals surface area (Å²) in [5, 5.41) is 9.48. The van der Waals surface area contributed by atoms with Gasteiger partial charge in [-0.25, -0.2) is 9.78 Å². The number of ether oxygens (including phenoxy) is 1. The number of halogens is 1. The van der Waals surface area contributed by atoms with Crippen LogP contribution in [0.25, 0.3) is 17.3 Å². The highest BCUT2D eigenvalue weighted by atomic mass is 79.9. The average Bonchev–Trinajstić information content (AvgIpc) is 2.86. The van der Waals surface area contributed by atoms with Crippen LogP contribution in [0.1, 0.15) is 11.8 Å². The van der Waals surface area contributed by atoms with Crippen LogP contribution in [0, 0.1) is 11.3 Å². The highest BCUT2D eigenvalue weighted by Crippen LogP contribution is 2.32. The third kappa shape index (κ3) is 3.72. The number of aromatic nitrogens is 1. The number of hydrogen-bond donors (Lipinski definition) is 1. The van der Waals surface area contributed by atoms with Gasteiger partial charge in [-0.2, -0.15) is 5.26 Å². The summed E-state index contributed by atoms with van der Waals surface area (Å²) in [6.07, 6.45) is 1.46. The third-order valence-corrected chi connectivity index (χ3v) is 4.04. The van der Waals surface area contributed by atoms with Crippen molar-refractivity contribution in [1.29, 1.82) is 5.26 Å². The summed E-state index contributed by atoms with van der Waals surface area (Å²) >= 11 is 4.58. The number of esters is 1. The Hall–Kier alpha value is -2.17. The quantitative estimate of drug-likeness (QED) is 0.499. The Morgan fingerprint density at radius 2 is 2.18 bits per heavy atom. The first-order valence-corrected chi connectivity index (χ1v) is 7.97. The fourth-order valence-corrected chi connectivity index (χ4v) is 2.80. The van der Waals surface area contributed by atoms with E-state index in [2.05, 4.69) is 20.9 Å². The van der Waals surface area contributed by atoms with Gasteiger partial charge >= 0.3 is 5.97 Å². The topological polar surface area (TPSA) is 89.0 Å². The molecule has 0 fully saturated rings. The number of nitrogen functional groups attached to an aromatic ring is 1. The lowest BCUT2D eigenvalue weighted by molar-refractivity contribution is -0.137. The zero-order valence-corrected chi connectivity index (χ0v) is 14.1. The van der Waals surface area contributed by atoms with Gasteiger partial charge in [-0.3, -0.25) is 0 Å². The number of carbonyl (C=O) groups is 1. The number of hydrogen-bond acceptors (Lipinski definition) is 6. The van der Waals surface area contributed by atoms with Crippen molar-refractivity contribution in [2.24, 2.45) is 0 Å². The molecule has 0 saturated heterocycles. The SMILES string of the molecule is CCOC(=O)/C(C#N)=C/c1sc(N)nc1-c1ccc(Br)cc1. The van der Waals surface area contributed by atoms with Gasteiger partial charge in [0.15, 0.2) is 5.13 Å². The van der Waals surface area contributed by atoms with Crippen molar-refractivity contribution < 1.29 is 9.53 Å². The van der Waals surface area contributed by atoms with Crippen LogP contribution in [-0.2, 0) is 9.53 Å². The Morgan fingerprint density at radius 1 is 1.50 bits per heavy atom. The van der Waals surface area contributed by atoms with Gasteiger partial charge in [-0.05, 0) is 25.1 Å². The van der Waals surface area contributed by atoms with Gasteiger partial charge in [0.1, 0.15) is 11.6 Å². The first-order chi connectivity index (χ1) is 10.5. The highest BCUT2D eigenvalue weighted by molar-refractivity contribution is 9.10. The Bertz CT molecular complexity index is 760. The van der Waals surface area contributed by atoms with Crippen LogP contribution >= 0.6 is 27.3 Å². The lowest BCUT2D eigenvalue weighted by Crippen LogP contribution is -2.05. The van der Waals surface area contributed by atoms with E-state index in [1.807, 2.05) is 30.3 Å². The van der Waals surface area contributed by atoms with Gasteiger partial charge in [0, 0.05) is 10.0 Å². The van der Waals surface area contributed by atoms with E-state index >= 15 is 0 Å². The molecule has 0 atom stereocenters. The van der Waals surface area contributed by atoms with E-state index in [4.69, 9.17) is 15.7 Å². The fraction of sp³-hybridized carbons (Fsp3) is 0.133. The summed E-state index contributed by atoms with van der Waals surface area (Å²) in [4.78, 5) is 16.6. The van der Waals surface area contributed by atoms with Gasteiger partial charge in [-0.1, -0.05) is 39.4 Å². The Morgan fingerprint density at radius 3 is 2.77 bits per heavy atom. The second-order valence-corrected chi connectivity index (χ2v) is 6.14. The molecule has 0 bridgehead atoms. The van der Waals surface area contributed by atoms with Gasteiger partial charge in [-0.15, -0.1) is 0 Å². The number of nitriles is 1. The molecular formula is C15H12BrN3O2S. The molecule has 1 aromatic heterocycles. The molecule has 0 radical (unpaired) electrons. The molecule has 0 aliphatic heterocycles. The van der Waals surface area contributed by atoms with E-state index in [0.29, 0.717) is 15.7 Å². The van der Waals surface area contributed by atoms with Crippen molar-refractivity contribution in [3.63, 3.8) is 0 Å². The van der Waals surface area contributed by atoms with E-state index in [9.17, 15) is 4.79 Å². The minimum atomic E-state index is -0.654. The van der Waals surface area contributed by atoms with Crippen LogP contribution in [0.5, 0.6) is 0 Å². The minimum absolute atomic E-state index is 0.0798. The minimum Gasteiger partial charge on any atom is -0.462 e. The van der Waals surface area contributed by atoms with E-state index in [1.54, 1.807) is 6.92 Å². The molecule has 0 aliphatic rings. The van der Waals surface area contributed by atoms with Crippen molar-refractivity contribution >= 4 is 44.4 Å². The molecule has 0 spiro atoms. The normalized spacial score (nSPS) is 11.0. The Labute approximate surface area is 140 Å². The standard InChI is InChI=1S/C15H12BrN3O2S/c1-2-21-14(20)10(8-17)7-12-13(19-15(18)22-12)9-3-5-11(16)6-4-9/h3-7H,2H2,1H3,(H2,18,19)/b10-7+. The van der Waals surface area contributed by atoms with Crippen LogP contribution in [0.4, 0.5) is 5.13 Å². The van der Waals surface area contributed by atoms with Crippen molar-refractivity contribution in [3.05, 3.63) is 39.2 Å². The summed E-state index contributed by atoms with van der Waals surface area (Å²) in [5.41, 5.74) is 7.17. The predicted molar refractivity (Wildman–Crippen MR) is 89.9 cm³/mol. The zero-order valence-electron chi connectivity index (χ0n) is 11.7. The van der Waals surface area contributed by atoms with Crippen molar-refractivity contribution in [1.82, 2.24) is 4.98 Å². The van der Waals surface area contributed by atoms with Gasteiger partial charge < -0.3 is 10.5 Å². The van der Waals surface area contributed by atoms with Gasteiger partial charge in [0.2, 0.25) is 0 Å². The van der Waals surface area contributed by atoms with Crippen LogP contribution in [0.3, 0.4) is 0 Å². The average molecular weight is 378 g/mol. The molecular weight excluding hydrogens is 366 g/mol. The molecule has 7 heteroatoms. The number of anilines is 1. The number of benzene rings is 1. The van der Waals surface area contributed by atoms with E-state index in [1.165, 1.54) is 17.4 Å². The van der Waals surface area contributed by atoms with Crippen LogP contribution < -0.4 is 5.73 Å². The number of nitrogens with zero attached hydrogens (tertiary/aromatic N) is 2. The number of rotatable bonds is 4. The molecule has 2 aromatic rings. The fourth-order valence-electron chi connectivity index (χ4n) is 1.74. The monoisotopic (exact) mass is 377 g/mol. The second-order valence-electron chi connectivity index (χ2n) is 4.16. The van der Waals surface area contributed by atoms with Crippen LogP contribution in [0.2, 0.25) is 0 Å². The van der Waals surface area contributed by atoms with E-state index < -0.39 is 5.97 Å². The lowest BCUT2D eigenvalue weighted by atomic mass is 10.1. The highest BCUT2D eigenvalue weighted by Gasteiger charge is 2.15. The smallest absolute Gasteiger partial charge is 0.348 e. The van der Waals surface area contributed by atoms with Crippen molar-refractivity contribution in [2.45, 2.75) is 6.92 Å². The van der Waals surface area contributed by atoms with Gasteiger partial charge in [0.25, 0.3) is 0 Å². The molecule has 0 amide bonds. The molecule has 5 nitrogen and oxygen atoms in total. The maximum atomic E-state index is 11.7. The van der Waals surface area contributed by atoms with Crippen LogP contribution in [-0.4, -0.2) is 17.6 Å². The van der Waals surface area contributed by atoms with Crippen molar-refractivity contribution in [3.8, 4) is 17.3 Å². The molecule has 1 heterocycles. The Kier molecular flexibility index (Phi) is 5.31. The molecule has 1 aromatic carbocycles. The molecule has 0 unspecified atom stereocenters.